The largest absolute Gasteiger partial charge is 0.357 e. The summed E-state index contributed by atoms with van der Waals surface area (Å²) in [6.07, 6.45) is 0. The standard InChI is InChI=1S/C19H21FN4/c1-3-22-19(23-12-16-7-5-4-6-14(16)2)24-13-17-10-15(11-21)8-9-18(17)20/h4-10H,3,12-13H2,1-2H3,(H2,22,23,24). The van der Waals surface area contributed by atoms with Crippen molar-refractivity contribution in [2.75, 3.05) is 6.54 Å². The second-order valence-corrected chi connectivity index (χ2v) is 5.39. The van der Waals surface area contributed by atoms with Crippen molar-refractivity contribution >= 4 is 5.96 Å². The Morgan fingerprint density at radius 1 is 1.17 bits per heavy atom. The minimum absolute atomic E-state index is 0.171. The van der Waals surface area contributed by atoms with Crippen LogP contribution in [-0.2, 0) is 13.1 Å². The second-order valence-electron chi connectivity index (χ2n) is 5.39. The number of nitriles is 1. The first-order valence-electron chi connectivity index (χ1n) is 7.89. The molecule has 5 heteroatoms. The zero-order chi connectivity index (χ0) is 17.4. The van der Waals surface area contributed by atoms with Crippen LogP contribution in [-0.4, -0.2) is 12.5 Å². The van der Waals surface area contributed by atoms with Crippen LogP contribution in [0.3, 0.4) is 0 Å². The van der Waals surface area contributed by atoms with E-state index < -0.39 is 0 Å². The topological polar surface area (TPSA) is 60.2 Å². The van der Waals surface area contributed by atoms with Crippen LogP contribution in [0.4, 0.5) is 4.39 Å². The summed E-state index contributed by atoms with van der Waals surface area (Å²) in [5, 5.41) is 15.3. The Labute approximate surface area is 142 Å². The van der Waals surface area contributed by atoms with Crippen LogP contribution < -0.4 is 10.6 Å². The molecule has 0 aliphatic carbocycles. The average molecular weight is 324 g/mol. The van der Waals surface area contributed by atoms with Gasteiger partial charge < -0.3 is 10.6 Å². The molecule has 0 spiro atoms. The van der Waals surface area contributed by atoms with Crippen LogP contribution in [0.5, 0.6) is 0 Å². The van der Waals surface area contributed by atoms with E-state index in [2.05, 4.69) is 34.7 Å². The number of rotatable bonds is 5. The lowest BCUT2D eigenvalue weighted by Crippen LogP contribution is -2.37. The summed E-state index contributed by atoms with van der Waals surface area (Å²) in [7, 11) is 0. The molecule has 2 aromatic rings. The highest BCUT2D eigenvalue weighted by Crippen LogP contribution is 2.11. The summed E-state index contributed by atoms with van der Waals surface area (Å²) in [6, 6.07) is 14.4. The first kappa shape index (κ1) is 17.5. The molecule has 0 saturated carbocycles. The fraction of sp³-hybridized carbons (Fsp3) is 0.263. The van der Waals surface area contributed by atoms with Crippen molar-refractivity contribution in [1.82, 2.24) is 10.6 Å². The molecular weight excluding hydrogens is 303 g/mol. The number of guanidine groups is 1. The molecule has 0 aliphatic heterocycles. The van der Waals surface area contributed by atoms with Gasteiger partial charge in [0.05, 0.1) is 18.2 Å². The van der Waals surface area contributed by atoms with Gasteiger partial charge in [-0.1, -0.05) is 24.3 Å². The fourth-order valence-corrected chi connectivity index (χ4v) is 2.26. The highest BCUT2D eigenvalue weighted by atomic mass is 19.1. The van der Waals surface area contributed by atoms with Crippen molar-refractivity contribution < 1.29 is 4.39 Å². The summed E-state index contributed by atoms with van der Waals surface area (Å²) in [5.41, 5.74) is 3.22. The molecule has 2 rings (SSSR count). The van der Waals surface area contributed by atoms with Crippen molar-refractivity contribution in [3.05, 3.63) is 70.5 Å². The number of nitrogens with zero attached hydrogens (tertiary/aromatic N) is 2. The number of benzene rings is 2. The zero-order valence-electron chi connectivity index (χ0n) is 13.9. The van der Waals surface area contributed by atoms with Gasteiger partial charge in [-0.05, 0) is 43.2 Å². The Hall–Kier alpha value is -2.87. The molecule has 24 heavy (non-hydrogen) atoms. The number of halogens is 1. The van der Waals surface area contributed by atoms with Crippen molar-refractivity contribution in [3.8, 4) is 6.07 Å². The Bertz CT molecular complexity index is 762. The molecule has 0 radical (unpaired) electrons. The maximum atomic E-state index is 13.8. The normalized spacial score (nSPS) is 11.0. The van der Waals surface area contributed by atoms with Crippen LogP contribution in [0.15, 0.2) is 47.5 Å². The van der Waals surface area contributed by atoms with E-state index in [0.717, 1.165) is 0 Å². The summed E-state index contributed by atoms with van der Waals surface area (Å²) in [5.74, 6) is 0.259. The first-order valence-corrected chi connectivity index (χ1v) is 7.89. The van der Waals surface area contributed by atoms with Gasteiger partial charge in [-0.3, -0.25) is 0 Å². The second kappa shape index (κ2) is 8.68. The highest BCUT2D eigenvalue weighted by Gasteiger charge is 2.05. The lowest BCUT2D eigenvalue weighted by Gasteiger charge is -2.13. The van der Waals surface area contributed by atoms with Crippen molar-refractivity contribution in [2.45, 2.75) is 26.9 Å². The van der Waals surface area contributed by atoms with Gasteiger partial charge in [-0.15, -0.1) is 0 Å². The van der Waals surface area contributed by atoms with E-state index in [1.165, 1.54) is 29.3 Å². The number of hydrogen-bond acceptors (Lipinski definition) is 2. The van der Waals surface area contributed by atoms with Gasteiger partial charge in [-0.2, -0.15) is 5.26 Å². The van der Waals surface area contributed by atoms with Gasteiger partial charge in [0.1, 0.15) is 5.82 Å². The SMILES string of the molecule is CCNC(=NCc1cc(C#N)ccc1F)NCc1ccccc1C. The number of aliphatic imine (C=N–C) groups is 1. The molecule has 124 valence electrons. The molecule has 0 aliphatic rings. The number of nitrogens with one attached hydrogen (secondary N) is 2. The quantitative estimate of drug-likeness (QED) is 0.655. The van der Waals surface area contributed by atoms with E-state index in [-0.39, 0.29) is 12.4 Å². The molecular formula is C19H21FN4. The van der Waals surface area contributed by atoms with E-state index in [9.17, 15) is 4.39 Å². The Kier molecular flexibility index (Phi) is 6.32. The van der Waals surface area contributed by atoms with E-state index in [1.807, 2.05) is 25.1 Å². The summed E-state index contributed by atoms with van der Waals surface area (Å²) >= 11 is 0. The van der Waals surface area contributed by atoms with E-state index in [1.54, 1.807) is 0 Å². The van der Waals surface area contributed by atoms with Crippen molar-refractivity contribution in [3.63, 3.8) is 0 Å². The molecule has 0 fully saturated rings. The average Bonchev–Trinajstić information content (AvgIpc) is 2.60. The van der Waals surface area contributed by atoms with Gasteiger partial charge in [0.2, 0.25) is 0 Å². The molecule has 2 aromatic carbocycles. The predicted octanol–water partition coefficient (Wildman–Crippen LogP) is 3.26. The molecule has 2 N–H and O–H groups in total. The zero-order valence-corrected chi connectivity index (χ0v) is 13.9. The minimum Gasteiger partial charge on any atom is -0.357 e. The van der Waals surface area contributed by atoms with Crippen LogP contribution in [0.1, 0.15) is 29.2 Å². The van der Waals surface area contributed by atoms with E-state index in [4.69, 9.17) is 5.26 Å². The molecule has 0 saturated heterocycles. The lowest BCUT2D eigenvalue weighted by atomic mass is 10.1. The third-order valence-electron chi connectivity index (χ3n) is 3.63. The molecule has 0 amide bonds. The number of hydrogen-bond donors (Lipinski definition) is 2. The molecule has 0 heterocycles. The maximum Gasteiger partial charge on any atom is 0.191 e. The smallest absolute Gasteiger partial charge is 0.191 e. The molecule has 0 atom stereocenters. The molecule has 0 bridgehead atoms. The van der Waals surface area contributed by atoms with Crippen molar-refractivity contribution in [2.24, 2.45) is 4.99 Å². The van der Waals surface area contributed by atoms with Crippen molar-refractivity contribution in [1.29, 1.82) is 5.26 Å². The Balaban J connectivity index is 2.08. The van der Waals surface area contributed by atoms with Crippen LogP contribution in [0.25, 0.3) is 0 Å². The fourth-order valence-electron chi connectivity index (χ4n) is 2.26. The monoisotopic (exact) mass is 324 g/mol. The first-order chi connectivity index (χ1) is 11.6. The Morgan fingerprint density at radius 2 is 1.96 bits per heavy atom. The predicted molar refractivity (Wildman–Crippen MR) is 93.9 cm³/mol. The third kappa shape index (κ3) is 4.82. The van der Waals surface area contributed by atoms with Crippen LogP contribution in [0.2, 0.25) is 0 Å². The van der Waals surface area contributed by atoms with Gasteiger partial charge in [0.25, 0.3) is 0 Å². The summed E-state index contributed by atoms with van der Waals surface area (Å²) in [6.45, 7) is 5.55. The van der Waals surface area contributed by atoms with Gasteiger partial charge in [0.15, 0.2) is 5.96 Å². The molecule has 0 unspecified atom stereocenters. The summed E-state index contributed by atoms with van der Waals surface area (Å²) < 4.78 is 13.8. The van der Waals surface area contributed by atoms with Gasteiger partial charge >= 0.3 is 0 Å². The van der Waals surface area contributed by atoms with Gasteiger partial charge in [-0.25, -0.2) is 9.38 Å². The van der Waals surface area contributed by atoms with E-state index >= 15 is 0 Å². The Morgan fingerprint density at radius 3 is 2.67 bits per heavy atom. The summed E-state index contributed by atoms with van der Waals surface area (Å²) in [4.78, 5) is 4.41. The maximum absolute atomic E-state index is 13.8. The minimum atomic E-state index is -0.354. The molecule has 0 aromatic heterocycles. The van der Waals surface area contributed by atoms with Gasteiger partial charge in [0, 0.05) is 18.7 Å². The number of aryl methyl sites for hydroxylation is 1. The lowest BCUT2D eigenvalue weighted by molar-refractivity contribution is 0.610. The highest BCUT2D eigenvalue weighted by molar-refractivity contribution is 5.79. The third-order valence-corrected chi connectivity index (χ3v) is 3.63. The van der Waals surface area contributed by atoms with E-state index in [0.29, 0.717) is 30.2 Å². The van der Waals surface area contributed by atoms with Crippen LogP contribution in [0, 0.1) is 24.1 Å². The van der Waals surface area contributed by atoms with Crippen LogP contribution >= 0.6 is 0 Å². The molecule has 4 nitrogen and oxygen atoms in total.